The van der Waals surface area contributed by atoms with Crippen LogP contribution in [0.3, 0.4) is 0 Å². The van der Waals surface area contributed by atoms with Gasteiger partial charge in [-0.3, -0.25) is 0 Å². The van der Waals surface area contributed by atoms with E-state index in [9.17, 15) is 9.50 Å². The van der Waals surface area contributed by atoms with E-state index in [4.69, 9.17) is 5.73 Å². The monoisotopic (exact) mass is 209 g/mol. The second-order valence-electron chi connectivity index (χ2n) is 4.56. The Labute approximate surface area is 88.9 Å². The van der Waals surface area contributed by atoms with E-state index in [-0.39, 0.29) is 23.0 Å². The lowest BCUT2D eigenvalue weighted by atomic mass is 9.88. The second-order valence-corrected chi connectivity index (χ2v) is 4.56. The van der Waals surface area contributed by atoms with E-state index in [0.29, 0.717) is 11.1 Å². The maximum atomic E-state index is 13.7. The minimum absolute atomic E-state index is 0.0109. The molecule has 0 radical (unpaired) electrons. The molecule has 0 heterocycles. The minimum Gasteiger partial charge on any atom is -0.508 e. The van der Waals surface area contributed by atoms with E-state index in [1.54, 1.807) is 13.0 Å². The van der Waals surface area contributed by atoms with Gasteiger partial charge in [0.25, 0.3) is 0 Å². The standard InChI is InChI=1S/C12H16FNO/c1-7-5-9(10(13)6-11(7)15)12(3-4-12)8(2)14/h5-6,8,15H,3-4,14H2,1-2H3. The van der Waals surface area contributed by atoms with Crippen molar-refractivity contribution in [2.24, 2.45) is 5.73 Å². The van der Waals surface area contributed by atoms with Gasteiger partial charge in [-0.05, 0) is 43.9 Å². The number of halogens is 1. The molecule has 1 saturated carbocycles. The Kier molecular flexibility index (Phi) is 2.23. The van der Waals surface area contributed by atoms with Crippen LogP contribution in [0.5, 0.6) is 5.75 Å². The first-order chi connectivity index (χ1) is 6.97. The quantitative estimate of drug-likeness (QED) is 0.784. The van der Waals surface area contributed by atoms with Crippen molar-refractivity contribution in [2.75, 3.05) is 0 Å². The summed E-state index contributed by atoms with van der Waals surface area (Å²) in [5.41, 5.74) is 7.07. The van der Waals surface area contributed by atoms with E-state index >= 15 is 0 Å². The zero-order valence-corrected chi connectivity index (χ0v) is 9.05. The van der Waals surface area contributed by atoms with Crippen LogP contribution >= 0.6 is 0 Å². The fraction of sp³-hybridized carbons (Fsp3) is 0.500. The first-order valence-corrected chi connectivity index (χ1v) is 5.22. The summed E-state index contributed by atoms with van der Waals surface area (Å²) in [5, 5.41) is 9.38. The lowest BCUT2D eigenvalue weighted by molar-refractivity contribution is 0.457. The van der Waals surface area contributed by atoms with Gasteiger partial charge in [-0.15, -0.1) is 0 Å². The van der Waals surface area contributed by atoms with Gasteiger partial charge in [0.15, 0.2) is 0 Å². The third-order valence-electron chi connectivity index (χ3n) is 3.48. The first kappa shape index (κ1) is 10.4. The number of hydrogen-bond donors (Lipinski definition) is 2. The number of phenols is 1. The summed E-state index contributed by atoms with van der Waals surface area (Å²) in [5.74, 6) is -0.329. The second kappa shape index (κ2) is 3.20. The van der Waals surface area contributed by atoms with E-state index in [2.05, 4.69) is 0 Å². The molecule has 3 N–H and O–H groups in total. The van der Waals surface area contributed by atoms with Gasteiger partial charge in [0.05, 0.1) is 0 Å². The van der Waals surface area contributed by atoms with Crippen molar-refractivity contribution in [3.8, 4) is 5.75 Å². The smallest absolute Gasteiger partial charge is 0.130 e. The van der Waals surface area contributed by atoms with Crippen LogP contribution in [0.1, 0.15) is 30.9 Å². The van der Waals surface area contributed by atoms with Crippen LogP contribution in [0, 0.1) is 12.7 Å². The summed E-state index contributed by atoms with van der Waals surface area (Å²) in [4.78, 5) is 0. The summed E-state index contributed by atoms with van der Waals surface area (Å²) < 4.78 is 13.7. The average molecular weight is 209 g/mol. The highest BCUT2D eigenvalue weighted by Gasteiger charge is 2.49. The van der Waals surface area contributed by atoms with Gasteiger partial charge in [-0.25, -0.2) is 4.39 Å². The first-order valence-electron chi connectivity index (χ1n) is 5.22. The molecule has 1 aromatic carbocycles. The van der Waals surface area contributed by atoms with Crippen molar-refractivity contribution >= 4 is 0 Å². The maximum absolute atomic E-state index is 13.7. The minimum atomic E-state index is -0.340. The number of hydrogen-bond acceptors (Lipinski definition) is 2. The van der Waals surface area contributed by atoms with Crippen LogP contribution in [0.15, 0.2) is 12.1 Å². The summed E-state index contributed by atoms with van der Waals surface area (Å²) in [6.07, 6.45) is 1.87. The fourth-order valence-electron chi connectivity index (χ4n) is 2.16. The highest BCUT2D eigenvalue weighted by atomic mass is 19.1. The van der Waals surface area contributed by atoms with Gasteiger partial charge in [0, 0.05) is 17.5 Å². The maximum Gasteiger partial charge on any atom is 0.130 e. The Morgan fingerprint density at radius 2 is 2.07 bits per heavy atom. The molecule has 2 rings (SSSR count). The molecule has 0 bridgehead atoms. The molecule has 1 atom stereocenters. The third-order valence-corrected chi connectivity index (χ3v) is 3.48. The molecule has 0 aliphatic heterocycles. The summed E-state index contributed by atoms with van der Waals surface area (Å²) in [6.45, 7) is 3.68. The Morgan fingerprint density at radius 1 is 1.47 bits per heavy atom. The molecule has 15 heavy (non-hydrogen) atoms. The number of phenolic OH excluding ortho intramolecular Hbond substituents is 1. The summed E-state index contributed by atoms with van der Waals surface area (Å²) >= 11 is 0. The van der Waals surface area contributed by atoms with Crippen molar-refractivity contribution < 1.29 is 9.50 Å². The van der Waals surface area contributed by atoms with Crippen molar-refractivity contribution in [3.05, 3.63) is 29.1 Å². The molecule has 1 aliphatic carbocycles. The number of benzene rings is 1. The molecule has 2 nitrogen and oxygen atoms in total. The average Bonchev–Trinajstić information content (AvgIpc) is 2.92. The fourth-order valence-corrected chi connectivity index (χ4v) is 2.16. The number of aromatic hydroxyl groups is 1. The molecule has 0 spiro atoms. The van der Waals surface area contributed by atoms with E-state index < -0.39 is 0 Å². The molecular formula is C12H16FNO. The molecule has 1 aliphatic rings. The zero-order valence-electron chi connectivity index (χ0n) is 9.05. The molecule has 1 unspecified atom stereocenters. The van der Waals surface area contributed by atoms with Crippen molar-refractivity contribution in [1.82, 2.24) is 0 Å². The van der Waals surface area contributed by atoms with E-state index in [0.717, 1.165) is 12.8 Å². The van der Waals surface area contributed by atoms with Crippen LogP contribution in [-0.2, 0) is 5.41 Å². The topological polar surface area (TPSA) is 46.2 Å². The van der Waals surface area contributed by atoms with Crippen molar-refractivity contribution in [3.63, 3.8) is 0 Å². The molecule has 3 heteroatoms. The van der Waals surface area contributed by atoms with E-state index in [1.807, 2.05) is 6.92 Å². The van der Waals surface area contributed by atoms with Crippen LogP contribution in [-0.4, -0.2) is 11.1 Å². The van der Waals surface area contributed by atoms with Gasteiger partial charge < -0.3 is 10.8 Å². The Balaban J connectivity index is 2.49. The van der Waals surface area contributed by atoms with Crippen LogP contribution < -0.4 is 5.73 Å². The highest BCUT2D eigenvalue weighted by Crippen LogP contribution is 2.51. The third kappa shape index (κ3) is 1.51. The van der Waals surface area contributed by atoms with Crippen molar-refractivity contribution in [1.29, 1.82) is 0 Å². The molecule has 0 saturated heterocycles. The summed E-state index contributed by atoms with van der Waals surface area (Å²) in [6, 6.07) is 2.87. The predicted octanol–water partition coefficient (Wildman–Crippen LogP) is 2.22. The molecule has 1 aromatic rings. The van der Waals surface area contributed by atoms with Crippen molar-refractivity contribution in [2.45, 2.75) is 38.1 Å². The Bertz CT molecular complexity index is 397. The molecule has 1 fully saturated rings. The van der Waals surface area contributed by atoms with Crippen LogP contribution in [0.25, 0.3) is 0 Å². The Hall–Kier alpha value is -1.09. The summed E-state index contributed by atoms with van der Waals surface area (Å²) in [7, 11) is 0. The van der Waals surface area contributed by atoms with Gasteiger partial charge >= 0.3 is 0 Å². The highest BCUT2D eigenvalue weighted by molar-refractivity contribution is 5.43. The predicted molar refractivity (Wildman–Crippen MR) is 57.4 cm³/mol. The molecular weight excluding hydrogens is 193 g/mol. The zero-order chi connectivity index (χ0) is 11.2. The van der Waals surface area contributed by atoms with Gasteiger partial charge in [-0.1, -0.05) is 0 Å². The normalized spacial score (nSPS) is 20.0. The Morgan fingerprint density at radius 3 is 2.53 bits per heavy atom. The number of aryl methyl sites for hydroxylation is 1. The molecule has 0 amide bonds. The SMILES string of the molecule is Cc1cc(C2(C(C)N)CC2)c(F)cc1O. The molecule has 82 valence electrons. The largest absolute Gasteiger partial charge is 0.508 e. The van der Waals surface area contributed by atoms with Crippen LogP contribution in [0.4, 0.5) is 4.39 Å². The lowest BCUT2D eigenvalue weighted by Gasteiger charge is -2.21. The lowest BCUT2D eigenvalue weighted by Crippen LogP contribution is -2.32. The van der Waals surface area contributed by atoms with Gasteiger partial charge in [0.2, 0.25) is 0 Å². The number of nitrogens with two attached hydrogens (primary N) is 1. The van der Waals surface area contributed by atoms with Gasteiger partial charge in [0.1, 0.15) is 11.6 Å². The molecule has 0 aromatic heterocycles. The van der Waals surface area contributed by atoms with Gasteiger partial charge in [-0.2, -0.15) is 0 Å². The van der Waals surface area contributed by atoms with E-state index in [1.165, 1.54) is 6.07 Å². The van der Waals surface area contributed by atoms with Crippen LogP contribution in [0.2, 0.25) is 0 Å². The number of rotatable bonds is 2.